The number of phenolic OH excluding ortho intramolecular Hbond substituents is 1. The van der Waals surface area contributed by atoms with Crippen molar-refractivity contribution in [3.05, 3.63) is 94.7 Å². The van der Waals surface area contributed by atoms with Gasteiger partial charge in [0.25, 0.3) is 0 Å². The molecule has 2 aromatic carbocycles. The highest BCUT2D eigenvalue weighted by molar-refractivity contribution is 5.92. The third-order valence-corrected chi connectivity index (χ3v) is 7.76. The number of hydrogen-bond donors (Lipinski definition) is 2. The molecular weight excluding hydrogens is 503 g/mol. The number of likely N-dealkylation sites (tertiary alicyclic amines) is 1. The first-order valence-corrected chi connectivity index (χ1v) is 14.3. The van der Waals surface area contributed by atoms with E-state index in [9.17, 15) is 14.3 Å². The van der Waals surface area contributed by atoms with Crippen LogP contribution in [-0.2, 0) is 24.1 Å². The maximum atomic E-state index is 13.1. The van der Waals surface area contributed by atoms with Crippen molar-refractivity contribution >= 4 is 22.5 Å². The second-order valence-electron chi connectivity index (χ2n) is 10.8. The molecule has 0 saturated carbocycles. The summed E-state index contributed by atoms with van der Waals surface area (Å²) in [6.45, 7) is 5.55. The number of nitrogens with one attached hydrogen (secondary N) is 1. The molecule has 1 fully saturated rings. The summed E-state index contributed by atoms with van der Waals surface area (Å²) in [5.74, 6) is -0.183. The van der Waals surface area contributed by atoms with Gasteiger partial charge in [-0.3, -0.25) is 14.8 Å². The molecule has 7 heteroatoms. The SMILES string of the molecule is Cc1cc(NC(=O)Cc2ccc(F)cc2)cnc1Cc1ccnc2cc(CCCCN3CCCCC3)c(O)cc12. The fraction of sp³-hybridized carbons (Fsp3) is 0.364. The topological polar surface area (TPSA) is 78.4 Å². The number of benzene rings is 2. The fourth-order valence-corrected chi connectivity index (χ4v) is 5.50. The Morgan fingerprint density at radius 1 is 1.00 bits per heavy atom. The van der Waals surface area contributed by atoms with Crippen LogP contribution in [-0.4, -0.2) is 45.5 Å². The number of phenols is 1. The number of piperidine rings is 1. The Morgan fingerprint density at radius 2 is 1.80 bits per heavy atom. The van der Waals surface area contributed by atoms with Crippen LogP contribution in [0.15, 0.2) is 60.9 Å². The van der Waals surface area contributed by atoms with Gasteiger partial charge in [-0.2, -0.15) is 0 Å². The molecule has 40 heavy (non-hydrogen) atoms. The zero-order valence-corrected chi connectivity index (χ0v) is 23.1. The molecule has 1 aliphatic heterocycles. The molecule has 1 aliphatic rings. The van der Waals surface area contributed by atoms with Crippen molar-refractivity contribution in [1.82, 2.24) is 14.9 Å². The minimum atomic E-state index is -0.323. The Balaban J connectivity index is 1.21. The van der Waals surface area contributed by atoms with E-state index in [0.717, 1.165) is 64.7 Å². The van der Waals surface area contributed by atoms with E-state index >= 15 is 0 Å². The van der Waals surface area contributed by atoms with Gasteiger partial charge in [0, 0.05) is 23.7 Å². The summed E-state index contributed by atoms with van der Waals surface area (Å²) in [5.41, 5.74) is 6.09. The molecule has 0 spiro atoms. The number of amides is 1. The van der Waals surface area contributed by atoms with E-state index in [1.807, 2.05) is 37.4 Å². The third-order valence-electron chi connectivity index (χ3n) is 7.76. The standard InChI is InChI=1S/C33H37FN4O2/c1-23-17-28(37-33(40)18-24-8-10-27(34)11-9-24)22-36-30(23)19-25-12-13-35-31-20-26(32(39)21-29(25)31)7-3-6-16-38-14-4-2-5-15-38/h8-13,17,20-22,39H,2-7,14-16,18-19H2,1H3,(H,37,40). The van der Waals surface area contributed by atoms with Crippen LogP contribution >= 0.6 is 0 Å². The van der Waals surface area contributed by atoms with Gasteiger partial charge in [0.15, 0.2) is 0 Å². The third kappa shape index (κ3) is 7.21. The number of pyridine rings is 2. The lowest BCUT2D eigenvalue weighted by molar-refractivity contribution is -0.115. The summed E-state index contributed by atoms with van der Waals surface area (Å²) < 4.78 is 13.1. The van der Waals surface area contributed by atoms with Crippen molar-refractivity contribution in [2.75, 3.05) is 25.0 Å². The van der Waals surface area contributed by atoms with Crippen molar-refractivity contribution in [3.8, 4) is 5.75 Å². The molecule has 0 aliphatic carbocycles. The number of nitrogens with zero attached hydrogens (tertiary/aromatic N) is 3. The molecule has 5 rings (SSSR count). The molecule has 0 bridgehead atoms. The van der Waals surface area contributed by atoms with E-state index < -0.39 is 0 Å². The Labute approximate surface area is 235 Å². The smallest absolute Gasteiger partial charge is 0.228 e. The van der Waals surface area contributed by atoms with E-state index in [2.05, 4.69) is 20.2 Å². The quantitative estimate of drug-likeness (QED) is 0.229. The van der Waals surface area contributed by atoms with Crippen molar-refractivity contribution in [2.24, 2.45) is 0 Å². The normalized spacial score (nSPS) is 13.9. The van der Waals surface area contributed by atoms with Gasteiger partial charge in [-0.05, 0) is 117 Å². The molecule has 2 N–H and O–H groups in total. The van der Waals surface area contributed by atoms with Crippen LogP contribution in [0, 0.1) is 12.7 Å². The van der Waals surface area contributed by atoms with Crippen molar-refractivity contribution in [1.29, 1.82) is 0 Å². The number of halogens is 1. The molecule has 1 amide bonds. The first-order chi connectivity index (χ1) is 19.4. The van der Waals surface area contributed by atoms with Gasteiger partial charge in [0.05, 0.1) is 23.8 Å². The van der Waals surface area contributed by atoms with Crippen LogP contribution < -0.4 is 5.32 Å². The monoisotopic (exact) mass is 540 g/mol. The number of fused-ring (bicyclic) bond motifs is 1. The second-order valence-corrected chi connectivity index (χ2v) is 10.8. The molecule has 0 atom stereocenters. The van der Waals surface area contributed by atoms with Gasteiger partial charge in [0.2, 0.25) is 5.91 Å². The Hall–Kier alpha value is -3.84. The number of anilines is 1. The Kier molecular flexibility index (Phi) is 9.01. The number of rotatable bonds is 10. The molecule has 1 saturated heterocycles. The van der Waals surface area contributed by atoms with Gasteiger partial charge in [0.1, 0.15) is 11.6 Å². The highest BCUT2D eigenvalue weighted by Gasteiger charge is 2.13. The second kappa shape index (κ2) is 13.0. The Morgan fingerprint density at radius 3 is 2.58 bits per heavy atom. The molecule has 4 aromatic rings. The molecular formula is C33H37FN4O2. The highest BCUT2D eigenvalue weighted by atomic mass is 19.1. The lowest BCUT2D eigenvalue weighted by Gasteiger charge is -2.26. The van der Waals surface area contributed by atoms with Crippen LogP contribution in [0.25, 0.3) is 10.9 Å². The van der Waals surface area contributed by atoms with E-state index in [-0.39, 0.29) is 18.1 Å². The molecule has 208 valence electrons. The summed E-state index contributed by atoms with van der Waals surface area (Å²) in [6.07, 6.45) is 11.2. The number of hydrogen-bond acceptors (Lipinski definition) is 5. The van der Waals surface area contributed by atoms with Crippen LogP contribution in [0.5, 0.6) is 5.75 Å². The first-order valence-electron chi connectivity index (χ1n) is 14.3. The van der Waals surface area contributed by atoms with Crippen molar-refractivity contribution in [2.45, 2.75) is 58.3 Å². The fourth-order valence-electron chi connectivity index (χ4n) is 5.50. The summed E-state index contributed by atoms with van der Waals surface area (Å²) in [5, 5.41) is 14.6. The summed E-state index contributed by atoms with van der Waals surface area (Å²) in [7, 11) is 0. The highest BCUT2D eigenvalue weighted by Crippen LogP contribution is 2.29. The predicted molar refractivity (Wildman–Crippen MR) is 157 cm³/mol. The van der Waals surface area contributed by atoms with Crippen LogP contribution in [0.2, 0.25) is 0 Å². The number of carbonyl (C=O) groups is 1. The maximum absolute atomic E-state index is 13.1. The summed E-state index contributed by atoms with van der Waals surface area (Å²) in [4.78, 5) is 24.2. The Bertz CT molecular complexity index is 1470. The lowest BCUT2D eigenvalue weighted by atomic mass is 9.98. The molecule has 2 aromatic heterocycles. The van der Waals surface area contributed by atoms with Gasteiger partial charge in [-0.1, -0.05) is 18.6 Å². The van der Waals surface area contributed by atoms with Crippen LogP contribution in [0.3, 0.4) is 0 Å². The van der Waals surface area contributed by atoms with Crippen LogP contribution in [0.4, 0.5) is 10.1 Å². The predicted octanol–water partition coefficient (Wildman–Crippen LogP) is 6.36. The van der Waals surface area contributed by atoms with Crippen molar-refractivity contribution in [3.63, 3.8) is 0 Å². The van der Waals surface area contributed by atoms with E-state index in [0.29, 0.717) is 17.9 Å². The largest absolute Gasteiger partial charge is 0.508 e. The van der Waals surface area contributed by atoms with Gasteiger partial charge >= 0.3 is 0 Å². The summed E-state index contributed by atoms with van der Waals surface area (Å²) >= 11 is 0. The minimum absolute atomic E-state index is 0.161. The maximum Gasteiger partial charge on any atom is 0.228 e. The molecule has 0 radical (unpaired) electrons. The number of aromatic nitrogens is 2. The zero-order valence-electron chi connectivity index (χ0n) is 23.1. The number of aryl methyl sites for hydroxylation is 2. The minimum Gasteiger partial charge on any atom is -0.508 e. The van der Waals surface area contributed by atoms with E-state index in [1.165, 1.54) is 44.5 Å². The number of unbranched alkanes of at least 4 members (excludes halogenated alkanes) is 1. The molecule has 0 unspecified atom stereocenters. The lowest BCUT2D eigenvalue weighted by Crippen LogP contribution is -2.30. The zero-order chi connectivity index (χ0) is 27.9. The van der Waals surface area contributed by atoms with Gasteiger partial charge in [-0.25, -0.2) is 4.39 Å². The van der Waals surface area contributed by atoms with Gasteiger partial charge < -0.3 is 15.3 Å². The first kappa shape index (κ1) is 27.7. The number of aromatic hydroxyl groups is 1. The number of carbonyl (C=O) groups excluding carboxylic acids is 1. The average molecular weight is 541 g/mol. The van der Waals surface area contributed by atoms with Crippen LogP contribution in [0.1, 0.15) is 60.1 Å². The average Bonchev–Trinajstić information content (AvgIpc) is 2.95. The molecule has 6 nitrogen and oxygen atoms in total. The van der Waals surface area contributed by atoms with E-state index in [1.54, 1.807) is 18.3 Å². The van der Waals surface area contributed by atoms with Gasteiger partial charge in [-0.15, -0.1) is 0 Å². The molecule has 3 heterocycles. The van der Waals surface area contributed by atoms with E-state index in [4.69, 9.17) is 0 Å². The summed E-state index contributed by atoms with van der Waals surface area (Å²) in [6, 6.07) is 13.7. The van der Waals surface area contributed by atoms with Crippen molar-refractivity contribution < 1.29 is 14.3 Å².